The van der Waals surface area contributed by atoms with Crippen LogP contribution in [-0.2, 0) is 4.79 Å². The minimum Gasteiger partial charge on any atom is -0.505 e. The summed E-state index contributed by atoms with van der Waals surface area (Å²) in [6.07, 6.45) is 0. The number of nitrogens with one attached hydrogen (secondary N) is 1. The molecule has 5 nitrogen and oxygen atoms in total. The Morgan fingerprint density at radius 1 is 1.07 bits per heavy atom. The Hall–Kier alpha value is -3.67. The molecule has 0 fully saturated rings. The summed E-state index contributed by atoms with van der Waals surface area (Å²) in [5.74, 6) is -1.54. The van der Waals surface area contributed by atoms with Gasteiger partial charge in [-0.05, 0) is 22.3 Å². The Morgan fingerprint density at radius 3 is 2.63 bits per heavy atom. The molecule has 1 aliphatic rings. The van der Waals surface area contributed by atoms with Gasteiger partial charge in [0.25, 0.3) is 0 Å². The van der Waals surface area contributed by atoms with Crippen molar-refractivity contribution in [1.82, 2.24) is 9.97 Å². The number of rotatable bonds is 2. The van der Waals surface area contributed by atoms with E-state index < -0.39 is 23.4 Å². The molecule has 6 heteroatoms. The summed E-state index contributed by atoms with van der Waals surface area (Å²) in [7, 11) is 0. The Kier molecular flexibility index (Phi) is 3.12. The van der Waals surface area contributed by atoms with Crippen LogP contribution < -0.4 is 5.73 Å². The quantitative estimate of drug-likeness (QED) is 0.510. The molecule has 5 rings (SSSR count). The highest BCUT2D eigenvalue weighted by Crippen LogP contribution is 2.48. The molecule has 1 atom stereocenters. The molecule has 0 unspecified atom stereocenters. The van der Waals surface area contributed by atoms with E-state index in [0.29, 0.717) is 16.9 Å². The monoisotopic (exact) mass is 359 g/mol. The van der Waals surface area contributed by atoms with Crippen molar-refractivity contribution in [2.45, 2.75) is 5.92 Å². The van der Waals surface area contributed by atoms with Crippen LogP contribution in [0.2, 0.25) is 0 Å². The molecular formula is C21H14FN3O2. The van der Waals surface area contributed by atoms with Gasteiger partial charge in [0, 0.05) is 17.7 Å². The Balaban J connectivity index is 1.79. The van der Waals surface area contributed by atoms with Crippen LogP contribution in [0.4, 0.5) is 4.39 Å². The van der Waals surface area contributed by atoms with Crippen LogP contribution in [0.5, 0.6) is 5.75 Å². The first-order valence-electron chi connectivity index (χ1n) is 8.44. The number of carbonyl (C=O) groups is 1. The van der Waals surface area contributed by atoms with Crippen LogP contribution >= 0.6 is 0 Å². The van der Waals surface area contributed by atoms with E-state index >= 15 is 0 Å². The highest BCUT2D eigenvalue weighted by Gasteiger charge is 2.34. The summed E-state index contributed by atoms with van der Waals surface area (Å²) in [5.41, 5.74) is 10.9. The number of nitrogens with two attached hydrogens (primary N) is 1. The van der Waals surface area contributed by atoms with Crippen LogP contribution in [-0.4, -0.2) is 21.0 Å². The molecule has 1 aliphatic carbocycles. The number of aromatic amines is 1. The Labute approximate surface area is 153 Å². The van der Waals surface area contributed by atoms with Gasteiger partial charge in [-0.15, -0.1) is 0 Å². The van der Waals surface area contributed by atoms with Gasteiger partial charge in [0.15, 0.2) is 11.6 Å². The van der Waals surface area contributed by atoms with Gasteiger partial charge in [0.1, 0.15) is 5.82 Å². The predicted octanol–water partition coefficient (Wildman–Crippen LogP) is 3.67. The number of benzene rings is 3. The van der Waals surface area contributed by atoms with Gasteiger partial charge in [-0.3, -0.25) is 4.79 Å². The summed E-state index contributed by atoms with van der Waals surface area (Å²) in [5, 5.41) is 9.60. The average molecular weight is 359 g/mol. The van der Waals surface area contributed by atoms with Gasteiger partial charge in [0.2, 0.25) is 5.91 Å². The van der Waals surface area contributed by atoms with E-state index in [1.807, 2.05) is 42.5 Å². The molecule has 1 amide bonds. The second-order valence-electron chi connectivity index (χ2n) is 6.60. The van der Waals surface area contributed by atoms with Gasteiger partial charge in [-0.1, -0.05) is 42.5 Å². The first-order valence-corrected chi connectivity index (χ1v) is 8.44. The third kappa shape index (κ3) is 2.16. The van der Waals surface area contributed by atoms with Crippen molar-refractivity contribution < 1.29 is 14.3 Å². The number of phenols is 1. The minimum absolute atomic E-state index is 0.407. The van der Waals surface area contributed by atoms with Gasteiger partial charge >= 0.3 is 0 Å². The summed E-state index contributed by atoms with van der Waals surface area (Å²) in [4.78, 5) is 19.7. The minimum atomic E-state index is -0.713. The molecule has 132 valence electrons. The predicted molar refractivity (Wildman–Crippen MR) is 99.6 cm³/mol. The normalized spacial score (nSPS) is 14.9. The third-order valence-electron chi connectivity index (χ3n) is 5.04. The Bertz CT molecular complexity index is 1210. The smallest absolute Gasteiger partial charge is 0.229 e. The number of imidazole rings is 1. The zero-order chi connectivity index (χ0) is 18.7. The van der Waals surface area contributed by atoms with Crippen molar-refractivity contribution >= 4 is 16.9 Å². The van der Waals surface area contributed by atoms with Crippen molar-refractivity contribution in [1.29, 1.82) is 0 Å². The average Bonchev–Trinajstić information content (AvgIpc) is 3.20. The van der Waals surface area contributed by atoms with E-state index in [1.54, 1.807) is 0 Å². The lowest BCUT2D eigenvalue weighted by atomic mass is 9.95. The molecule has 0 radical (unpaired) electrons. The standard InChI is InChI=1S/C21H14FN3O2/c22-14-8-15-16(9-17(14)26)25-21(24-15)13-7-3-6-12-18(13)10-4-1-2-5-11(10)19(12)20(23)27/h1-9,19,26H,(H2,23,27)(H,24,25)/t19-/m1/s1. The lowest BCUT2D eigenvalue weighted by Gasteiger charge is -2.09. The second kappa shape index (κ2) is 5.41. The maximum Gasteiger partial charge on any atom is 0.229 e. The van der Waals surface area contributed by atoms with Crippen LogP contribution in [0.3, 0.4) is 0 Å². The van der Waals surface area contributed by atoms with Gasteiger partial charge in [-0.25, -0.2) is 9.37 Å². The van der Waals surface area contributed by atoms with Gasteiger partial charge in [0.05, 0.1) is 17.0 Å². The maximum absolute atomic E-state index is 13.7. The van der Waals surface area contributed by atoms with Gasteiger partial charge in [-0.2, -0.15) is 0 Å². The van der Waals surface area contributed by atoms with Crippen LogP contribution in [0.15, 0.2) is 54.6 Å². The molecule has 4 N–H and O–H groups in total. The van der Waals surface area contributed by atoms with E-state index in [2.05, 4.69) is 9.97 Å². The number of fused-ring (bicyclic) bond motifs is 4. The Morgan fingerprint density at radius 2 is 1.81 bits per heavy atom. The molecule has 0 saturated heterocycles. The molecule has 0 bridgehead atoms. The molecule has 0 saturated carbocycles. The number of H-pyrrole nitrogens is 1. The fourth-order valence-electron chi connectivity index (χ4n) is 3.91. The topological polar surface area (TPSA) is 92.0 Å². The van der Waals surface area contributed by atoms with E-state index in [0.717, 1.165) is 27.8 Å². The zero-order valence-corrected chi connectivity index (χ0v) is 14.0. The number of hydrogen-bond donors (Lipinski definition) is 3. The lowest BCUT2D eigenvalue weighted by Crippen LogP contribution is -2.20. The zero-order valence-electron chi connectivity index (χ0n) is 14.0. The molecule has 1 aromatic heterocycles. The first-order chi connectivity index (χ1) is 13.0. The number of primary amides is 1. The number of nitrogens with zero attached hydrogens (tertiary/aromatic N) is 1. The van der Waals surface area contributed by atoms with E-state index in [9.17, 15) is 14.3 Å². The van der Waals surface area contributed by atoms with Crippen molar-refractivity contribution in [3.63, 3.8) is 0 Å². The number of phenolic OH excluding ortho intramolecular Hbond substituents is 1. The van der Waals surface area contributed by atoms with E-state index in [-0.39, 0.29) is 0 Å². The maximum atomic E-state index is 13.7. The lowest BCUT2D eigenvalue weighted by molar-refractivity contribution is -0.118. The molecule has 1 heterocycles. The fourth-order valence-corrected chi connectivity index (χ4v) is 3.91. The fraction of sp³-hybridized carbons (Fsp3) is 0.0476. The number of aromatic hydroxyl groups is 1. The largest absolute Gasteiger partial charge is 0.505 e. The SMILES string of the molecule is NC(=O)[C@@H]1c2ccccc2-c2c(-c3nc4cc(O)c(F)cc4[nH]3)cccc21. The van der Waals surface area contributed by atoms with Gasteiger partial charge < -0.3 is 15.8 Å². The summed E-state index contributed by atoms with van der Waals surface area (Å²) >= 11 is 0. The van der Waals surface area contributed by atoms with Crippen molar-refractivity contribution in [2.24, 2.45) is 5.73 Å². The highest BCUT2D eigenvalue weighted by molar-refractivity contribution is 6.00. The van der Waals surface area contributed by atoms with Crippen LogP contribution in [0.1, 0.15) is 17.0 Å². The second-order valence-corrected chi connectivity index (χ2v) is 6.60. The summed E-state index contributed by atoms with van der Waals surface area (Å²) in [6.45, 7) is 0. The molecule has 3 aromatic carbocycles. The summed E-state index contributed by atoms with van der Waals surface area (Å²) < 4.78 is 13.7. The molecule has 27 heavy (non-hydrogen) atoms. The number of aromatic nitrogens is 2. The third-order valence-corrected chi connectivity index (χ3v) is 5.04. The molecule has 0 spiro atoms. The van der Waals surface area contributed by atoms with Crippen LogP contribution in [0, 0.1) is 5.82 Å². The van der Waals surface area contributed by atoms with Crippen molar-refractivity contribution in [3.8, 4) is 28.3 Å². The number of hydrogen-bond acceptors (Lipinski definition) is 3. The molecule has 4 aromatic rings. The number of amides is 1. The van der Waals surface area contributed by atoms with Crippen molar-refractivity contribution in [3.05, 3.63) is 71.5 Å². The van der Waals surface area contributed by atoms with E-state index in [1.165, 1.54) is 12.1 Å². The number of carbonyl (C=O) groups excluding carboxylic acids is 1. The summed E-state index contributed by atoms with van der Waals surface area (Å²) in [6, 6.07) is 15.8. The highest BCUT2D eigenvalue weighted by atomic mass is 19.1. The van der Waals surface area contributed by atoms with Crippen LogP contribution in [0.25, 0.3) is 33.5 Å². The van der Waals surface area contributed by atoms with E-state index in [4.69, 9.17) is 5.73 Å². The van der Waals surface area contributed by atoms with Crippen molar-refractivity contribution in [2.75, 3.05) is 0 Å². The number of halogens is 1. The molecule has 0 aliphatic heterocycles. The molecular weight excluding hydrogens is 345 g/mol. The first kappa shape index (κ1) is 15.6.